The first-order chi connectivity index (χ1) is 7.68. The molecule has 1 aromatic heterocycles. The number of aromatic nitrogens is 2. The molecular weight excluding hydrogens is 226 g/mol. The van der Waals surface area contributed by atoms with Crippen molar-refractivity contribution in [2.45, 2.75) is 13.0 Å². The average Bonchev–Trinajstić information content (AvgIpc) is 2.30. The zero-order valence-electron chi connectivity index (χ0n) is 8.96. The number of nitrogens with zero attached hydrogens (tertiary/aromatic N) is 3. The minimum Gasteiger partial charge on any atom is -0.476 e. The largest absolute Gasteiger partial charge is 0.476 e. The van der Waals surface area contributed by atoms with Gasteiger partial charge in [-0.15, -0.1) is 10.2 Å². The second kappa shape index (κ2) is 4.69. The van der Waals surface area contributed by atoms with Crippen molar-refractivity contribution in [1.82, 2.24) is 10.2 Å². The van der Waals surface area contributed by atoms with Gasteiger partial charge in [0.2, 0.25) is 0 Å². The van der Waals surface area contributed by atoms with Gasteiger partial charge >= 0.3 is 5.97 Å². The van der Waals surface area contributed by atoms with Gasteiger partial charge in [-0.1, -0.05) is 0 Å². The van der Waals surface area contributed by atoms with Crippen molar-refractivity contribution >= 4 is 23.5 Å². The molecule has 1 fully saturated rings. The summed E-state index contributed by atoms with van der Waals surface area (Å²) in [6, 6.07) is 3.64. The van der Waals surface area contributed by atoms with Gasteiger partial charge in [0.15, 0.2) is 11.5 Å². The van der Waals surface area contributed by atoms with Crippen LogP contribution in [0.15, 0.2) is 12.1 Å². The highest BCUT2D eigenvalue weighted by Gasteiger charge is 2.20. The molecule has 0 spiro atoms. The zero-order chi connectivity index (χ0) is 11.5. The fourth-order valence-corrected chi connectivity index (χ4v) is 2.67. The lowest BCUT2D eigenvalue weighted by Crippen LogP contribution is -2.41. The van der Waals surface area contributed by atoms with Crippen LogP contribution in [0.2, 0.25) is 0 Å². The van der Waals surface area contributed by atoms with Crippen LogP contribution in [-0.2, 0) is 0 Å². The second-order valence-electron chi connectivity index (χ2n) is 3.70. The summed E-state index contributed by atoms with van der Waals surface area (Å²) in [5.74, 6) is 1.87. The predicted molar refractivity (Wildman–Crippen MR) is 63.1 cm³/mol. The molecule has 1 aliphatic heterocycles. The first kappa shape index (κ1) is 11.2. The van der Waals surface area contributed by atoms with E-state index in [0.29, 0.717) is 6.04 Å². The summed E-state index contributed by atoms with van der Waals surface area (Å²) in [4.78, 5) is 12.8. The van der Waals surface area contributed by atoms with Gasteiger partial charge in [0.05, 0.1) is 0 Å². The summed E-state index contributed by atoms with van der Waals surface area (Å²) in [5, 5.41) is 16.4. The lowest BCUT2D eigenvalue weighted by Gasteiger charge is -2.33. The molecule has 86 valence electrons. The Labute approximate surface area is 97.9 Å². The molecule has 2 rings (SSSR count). The SMILES string of the molecule is CC1CSCCN1c1ccc(C(=O)O)nn1. The molecule has 0 aromatic carbocycles. The van der Waals surface area contributed by atoms with E-state index >= 15 is 0 Å². The number of hydrogen-bond acceptors (Lipinski definition) is 5. The van der Waals surface area contributed by atoms with Crippen LogP contribution in [0, 0.1) is 0 Å². The molecule has 1 N–H and O–H groups in total. The number of anilines is 1. The van der Waals surface area contributed by atoms with Crippen LogP contribution >= 0.6 is 11.8 Å². The van der Waals surface area contributed by atoms with E-state index in [2.05, 4.69) is 22.0 Å². The van der Waals surface area contributed by atoms with Crippen molar-refractivity contribution in [1.29, 1.82) is 0 Å². The Kier molecular flexibility index (Phi) is 3.28. The molecule has 2 heterocycles. The van der Waals surface area contributed by atoms with Crippen LogP contribution in [0.1, 0.15) is 17.4 Å². The third-order valence-corrected chi connectivity index (χ3v) is 3.72. The second-order valence-corrected chi connectivity index (χ2v) is 4.85. The molecule has 1 atom stereocenters. The molecular formula is C10H13N3O2S. The van der Waals surface area contributed by atoms with E-state index < -0.39 is 5.97 Å². The van der Waals surface area contributed by atoms with Gasteiger partial charge in [-0.2, -0.15) is 11.8 Å². The molecule has 0 aliphatic carbocycles. The highest BCUT2D eigenvalue weighted by atomic mass is 32.2. The summed E-state index contributed by atoms with van der Waals surface area (Å²) in [5.41, 5.74) is -0.0113. The van der Waals surface area contributed by atoms with Gasteiger partial charge in [0.25, 0.3) is 0 Å². The molecule has 6 heteroatoms. The monoisotopic (exact) mass is 239 g/mol. The van der Waals surface area contributed by atoms with Gasteiger partial charge in [-0.3, -0.25) is 0 Å². The van der Waals surface area contributed by atoms with Gasteiger partial charge in [-0.05, 0) is 19.1 Å². The normalized spacial score (nSPS) is 20.8. The average molecular weight is 239 g/mol. The smallest absolute Gasteiger partial charge is 0.356 e. The fourth-order valence-electron chi connectivity index (χ4n) is 1.66. The Bertz CT molecular complexity index is 382. The Morgan fingerprint density at radius 2 is 2.38 bits per heavy atom. The Morgan fingerprint density at radius 1 is 1.56 bits per heavy atom. The third kappa shape index (κ3) is 2.27. The highest BCUT2D eigenvalue weighted by molar-refractivity contribution is 7.99. The lowest BCUT2D eigenvalue weighted by atomic mass is 10.3. The van der Waals surface area contributed by atoms with Crippen LogP contribution < -0.4 is 4.90 Å². The van der Waals surface area contributed by atoms with Crippen molar-refractivity contribution in [2.24, 2.45) is 0 Å². The van der Waals surface area contributed by atoms with Gasteiger partial charge in [0, 0.05) is 24.1 Å². The topological polar surface area (TPSA) is 66.3 Å². The third-order valence-electron chi connectivity index (χ3n) is 2.53. The van der Waals surface area contributed by atoms with Gasteiger partial charge in [0.1, 0.15) is 0 Å². The number of aromatic carboxylic acids is 1. The number of carboxylic acids is 1. The molecule has 0 saturated carbocycles. The maximum Gasteiger partial charge on any atom is 0.356 e. The lowest BCUT2D eigenvalue weighted by molar-refractivity contribution is 0.0689. The van der Waals surface area contributed by atoms with Crippen molar-refractivity contribution in [2.75, 3.05) is 23.0 Å². The van der Waals surface area contributed by atoms with Crippen LogP contribution in [0.3, 0.4) is 0 Å². The van der Waals surface area contributed by atoms with Crippen molar-refractivity contribution < 1.29 is 9.90 Å². The highest BCUT2D eigenvalue weighted by Crippen LogP contribution is 2.21. The van der Waals surface area contributed by atoms with Crippen molar-refractivity contribution in [3.63, 3.8) is 0 Å². The van der Waals surface area contributed by atoms with Crippen LogP contribution in [0.25, 0.3) is 0 Å². The summed E-state index contributed by atoms with van der Waals surface area (Å²) < 4.78 is 0. The Morgan fingerprint density at radius 3 is 2.94 bits per heavy atom. The molecule has 0 bridgehead atoms. The Balaban J connectivity index is 2.17. The van der Waals surface area contributed by atoms with Gasteiger partial charge < -0.3 is 10.0 Å². The molecule has 1 saturated heterocycles. The van der Waals surface area contributed by atoms with Crippen molar-refractivity contribution in [3.8, 4) is 0 Å². The molecule has 1 aliphatic rings. The summed E-state index contributed by atoms with van der Waals surface area (Å²) in [6.07, 6.45) is 0. The minimum atomic E-state index is -1.04. The summed E-state index contributed by atoms with van der Waals surface area (Å²) >= 11 is 1.93. The zero-order valence-corrected chi connectivity index (χ0v) is 9.78. The quantitative estimate of drug-likeness (QED) is 0.834. The van der Waals surface area contributed by atoms with E-state index in [0.717, 1.165) is 23.9 Å². The maximum absolute atomic E-state index is 10.6. The number of hydrogen-bond donors (Lipinski definition) is 1. The van der Waals surface area contributed by atoms with Gasteiger partial charge in [-0.25, -0.2) is 4.79 Å². The van der Waals surface area contributed by atoms with E-state index in [9.17, 15) is 4.79 Å². The van der Waals surface area contributed by atoms with E-state index in [1.54, 1.807) is 6.07 Å². The standard InChI is InChI=1S/C10H13N3O2S/c1-7-6-16-5-4-13(7)9-3-2-8(10(14)15)11-12-9/h2-3,7H,4-6H2,1H3,(H,14,15). The van der Waals surface area contributed by atoms with E-state index in [1.807, 2.05) is 11.8 Å². The van der Waals surface area contributed by atoms with E-state index in [1.165, 1.54) is 6.07 Å². The molecule has 16 heavy (non-hydrogen) atoms. The summed E-state index contributed by atoms with van der Waals surface area (Å²) in [7, 11) is 0. The molecule has 1 aromatic rings. The number of carbonyl (C=O) groups is 1. The minimum absolute atomic E-state index is 0.0113. The fraction of sp³-hybridized carbons (Fsp3) is 0.500. The first-order valence-corrected chi connectivity index (χ1v) is 6.25. The van der Waals surface area contributed by atoms with Crippen molar-refractivity contribution in [3.05, 3.63) is 17.8 Å². The maximum atomic E-state index is 10.6. The number of rotatable bonds is 2. The van der Waals surface area contributed by atoms with Crippen LogP contribution in [0.5, 0.6) is 0 Å². The van der Waals surface area contributed by atoms with Crippen LogP contribution in [-0.4, -0.2) is 45.4 Å². The first-order valence-electron chi connectivity index (χ1n) is 5.10. The number of carboxylic acid groups (broad SMARTS) is 1. The van der Waals surface area contributed by atoms with E-state index in [-0.39, 0.29) is 5.69 Å². The van der Waals surface area contributed by atoms with E-state index in [4.69, 9.17) is 5.11 Å². The molecule has 5 nitrogen and oxygen atoms in total. The molecule has 0 amide bonds. The summed E-state index contributed by atoms with van der Waals surface area (Å²) in [6.45, 7) is 3.08. The van der Waals surface area contributed by atoms with Crippen LogP contribution in [0.4, 0.5) is 5.82 Å². The predicted octanol–water partition coefficient (Wildman–Crippen LogP) is 1.12. The molecule has 1 unspecified atom stereocenters. The number of thioether (sulfide) groups is 1. The Hall–Kier alpha value is -1.30. The molecule has 0 radical (unpaired) electrons.